The van der Waals surface area contributed by atoms with E-state index in [9.17, 15) is 9.59 Å². The van der Waals surface area contributed by atoms with Gasteiger partial charge in [0.1, 0.15) is 6.04 Å². The molecular weight excluding hydrogens is 320 g/mol. The van der Waals surface area contributed by atoms with Gasteiger partial charge >= 0.3 is 5.97 Å². The van der Waals surface area contributed by atoms with Gasteiger partial charge in [0.2, 0.25) is 0 Å². The van der Waals surface area contributed by atoms with Crippen molar-refractivity contribution in [2.75, 3.05) is 32.8 Å². The van der Waals surface area contributed by atoms with Gasteiger partial charge < -0.3 is 14.4 Å². The molecule has 0 spiro atoms. The normalized spacial score (nSPS) is 20.5. The van der Waals surface area contributed by atoms with Crippen LogP contribution >= 0.6 is 0 Å². The zero-order valence-corrected chi connectivity index (χ0v) is 14.9. The van der Waals surface area contributed by atoms with Crippen molar-refractivity contribution >= 4 is 11.9 Å². The van der Waals surface area contributed by atoms with E-state index in [1.54, 1.807) is 11.8 Å². The predicted molar refractivity (Wildman–Crippen MR) is 93.0 cm³/mol. The molecule has 2 aliphatic heterocycles. The Kier molecular flexibility index (Phi) is 5.71. The van der Waals surface area contributed by atoms with Crippen molar-refractivity contribution in [2.24, 2.45) is 0 Å². The minimum atomic E-state index is -0.759. The molecule has 1 aromatic rings. The third-order valence-electron chi connectivity index (χ3n) is 5.01. The lowest BCUT2D eigenvalue weighted by molar-refractivity contribution is -0.164. The highest BCUT2D eigenvalue weighted by Crippen LogP contribution is 2.21. The maximum absolute atomic E-state index is 12.5. The van der Waals surface area contributed by atoms with E-state index >= 15 is 0 Å². The van der Waals surface area contributed by atoms with Crippen molar-refractivity contribution in [3.63, 3.8) is 0 Å². The van der Waals surface area contributed by atoms with Crippen molar-refractivity contribution < 1.29 is 19.1 Å². The van der Waals surface area contributed by atoms with E-state index in [2.05, 4.69) is 17.0 Å². The Hall–Kier alpha value is -1.92. The van der Waals surface area contributed by atoms with E-state index in [1.807, 2.05) is 19.1 Å². The van der Waals surface area contributed by atoms with Crippen molar-refractivity contribution in [2.45, 2.75) is 39.0 Å². The lowest BCUT2D eigenvalue weighted by Crippen LogP contribution is -2.48. The van der Waals surface area contributed by atoms with Crippen LogP contribution < -0.4 is 0 Å². The van der Waals surface area contributed by atoms with Crippen molar-refractivity contribution in [1.29, 1.82) is 0 Å². The van der Waals surface area contributed by atoms with E-state index in [0.717, 1.165) is 19.5 Å². The van der Waals surface area contributed by atoms with Gasteiger partial charge in [-0.15, -0.1) is 0 Å². The monoisotopic (exact) mass is 346 g/mol. The molecule has 6 heteroatoms. The predicted octanol–water partition coefficient (Wildman–Crippen LogP) is 1.22. The molecule has 0 bridgehead atoms. The van der Waals surface area contributed by atoms with Crippen LogP contribution in [0.2, 0.25) is 0 Å². The molecule has 1 aromatic carbocycles. The standard InChI is InChI=1S/C19H26N2O4/c1-14(21-8-7-16-5-3-4-6-17(16)13-21)19(23)25-15(2)18(22)20-9-11-24-12-10-20/h3-6,14-15H,7-13H2,1-2H3/t14-,15+/m0/s1. The quantitative estimate of drug-likeness (QED) is 0.768. The summed E-state index contributed by atoms with van der Waals surface area (Å²) < 4.78 is 10.7. The van der Waals surface area contributed by atoms with Crippen LogP contribution in [0.5, 0.6) is 0 Å². The lowest BCUT2D eigenvalue weighted by atomic mass is 9.99. The maximum atomic E-state index is 12.5. The fourth-order valence-corrected chi connectivity index (χ4v) is 3.36. The van der Waals surface area contributed by atoms with Gasteiger partial charge in [-0.2, -0.15) is 0 Å². The van der Waals surface area contributed by atoms with Gasteiger partial charge in [0, 0.05) is 26.2 Å². The van der Waals surface area contributed by atoms with Crippen LogP contribution in [0.15, 0.2) is 24.3 Å². The van der Waals surface area contributed by atoms with Gasteiger partial charge in [-0.05, 0) is 31.4 Å². The number of morpholine rings is 1. The zero-order chi connectivity index (χ0) is 17.8. The van der Waals surface area contributed by atoms with E-state index < -0.39 is 6.10 Å². The number of carbonyl (C=O) groups excluding carboxylic acids is 2. The Morgan fingerprint density at radius 1 is 1.08 bits per heavy atom. The summed E-state index contributed by atoms with van der Waals surface area (Å²) in [5.74, 6) is -0.485. The molecule has 1 saturated heterocycles. The molecule has 0 radical (unpaired) electrons. The first-order chi connectivity index (χ1) is 12.1. The molecule has 0 N–H and O–H groups in total. The number of carbonyl (C=O) groups is 2. The number of ether oxygens (including phenoxy) is 2. The van der Waals surface area contributed by atoms with Crippen LogP contribution in [0.1, 0.15) is 25.0 Å². The van der Waals surface area contributed by atoms with Crippen LogP contribution in [-0.4, -0.2) is 66.7 Å². The Morgan fingerprint density at radius 3 is 2.48 bits per heavy atom. The minimum Gasteiger partial charge on any atom is -0.451 e. The summed E-state index contributed by atoms with van der Waals surface area (Å²) >= 11 is 0. The second kappa shape index (κ2) is 7.97. The summed E-state index contributed by atoms with van der Waals surface area (Å²) in [7, 11) is 0. The third kappa shape index (κ3) is 4.19. The van der Waals surface area contributed by atoms with Crippen LogP contribution in [0, 0.1) is 0 Å². The Bertz CT molecular complexity index is 628. The molecular formula is C19H26N2O4. The summed E-state index contributed by atoms with van der Waals surface area (Å²) in [6.07, 6.45) is 0.168. The number of amides is 1. The number of fused-ring (bicyclic) bond motifs is 1. The summed E-state index contributed by atoms with van der Waals surface area (Å²) in [5.41, 5.74) is 2.60. The van der Waals surface area contributed by atoms with Gasteiger partial charge in [0.05, 0.1) is 13.2 Å². The summed E-state index contributed by atoms with van der Waals surface area (Å²) in [4.78, 5) is 28.7. The SMILES string of the molecule is C[C@@H](OC(=O)[C@H](C)N1CCc2ccccc2C1)C(=O)N1CCOCC1. The molecule has 136 valence electrons. The van der Waals surface area contributed by atoms with Crippen LogP contribution in [0.3, 0.4) is 0 Å². The fraction of sp³-hybridized carbons (Fsp3) is 0.579. The molecule has 2 heterocycles. The summed E-state index contributed by atoms with van der Waals surface area (Å²) in [5, 5.41) is 0. The fourth-order valence-electron chi connectivity index (χ4n) is 3.36. The molecule has 3 rings (SSSR count). The molecule has 2 atom stereocenters. The summed E-state index contributed by atoms with van der Waals surface area (Å²) in [6.45, 7) is 7.23. The van der Waals surface area contributed by atoms with Gasteiger partial charge in [-0.1, -0.05) is 24.3 Å². The van der Waals surface area contributed by atoms with Crippen LogP contribution in [0.25, 0.3) is 0 Å². The van der Waals surface area contributed by atoms with Gasteiger partial charge in [0.15, 0.2) is 6.10 Å². The largest absolute Gasteiger partial charge is 0.451 e. The highest BCUT2D eigenvalue weighted by Gasteiger charge is 2.30. The van der Waals surface area contributed by atoms with Gasteiger partial charge in [-0.25, -0.2) is 0 Å². The number of benzene rings is 1. The lowest BCUT2D eigenvalue weighted by Gasteiger charge is -2.33. The molecule has 1 amide bonds. The second-order valence-corrected chi connectivity index (χ2v) is 6.68. The molecule has 6 nitrogen and oxygen atoms in total. The smallest absolute Gasteiger partial charge is 0.323 e. The highest BCUT2D eigenvalue weighted by atomic mass is 16.5. The zero-order valence-electron chi connectivity index (χ0n) is 14.9. The topological polar surface area (TPSA) is 59.1 Å². The van der Waals surface area contributed by atoms with E-state index in [-0.39, 0.29) is 17.9 Å². The van der Waals surface area contributed by atoms with Crippen molar-refractivity contribution in [3.05, 3.63) is 35.4 Å². The number of esters is 1. The van der Waals surface area contributed by atoms with Crippen molar-refractivity contribution in [1.82, 2.24) is 9.80 Å². The first kappa shape index (κ1) is 17.9. The third-order valence-corrected chi connectivity index (χ3v) is 5.01. The molecule has 0 saturated carbocycles. The first-order valence-corrected chi connectivity index (χ1v) is 8.94. The highest BCUT2D eigenvalue weighted by molar-refractivity contribution is 5.84. The number of hydrogen-bond acceptors (Lipinski definition) is 5. The molecule has 1 fully saturated rings. The minimum absolute atomic E-state index is 0.146. The van der Waals surface area contributed by atoms with Crippen LogP contribution in [0.4, 0.5) is 0 Å². The Labute approximate surface area is 148 Å². The average molecular weight is 346 g/mol. The summed E-state index contributed by atoms with van der Waals surface area (Å²) in [6, 6.07) is 7.94. The van der Waals surface area contributed by atoms with Crippen molar-refractivity contribution in [3.8, 4) is 0 Å². The molecule has 0 unspecified atom stereocenters. The van der Waals surface area contributed by atoms with Gasteiger partial charge in [0.25, 0.3) is 5.91 Å². The average Bonchev–Trinajstić information content (AvgIpc) is 2.67. The number of rotatable bonds is 4. The molecule has 25 heavy (non-hydrogen) atoms. The van der Waals surface area contributed by atoms with E-state index in [1.165, 1.54) is 11.1 Å². The van der Waals surface area contributed by atoms with E-state index in [0.29, 0.717) is 26.3 Å². The Balaban J connectivity index is 1.54. The van der Waals surface area contributed by atoms with Crippen LogP contribution in [-0.2, 0) is 32.0 Å². The molecule has 0 aliphatic carbocycles. The molecule has 0 aromatic heterocycles. The number of nitrogens with zero attached hydrogens (tertiary/aromatic N) is 2. The van der Waals surface area contributed by atoms with E-state index in [4.69, 9.17) is 9.47 Å². The maximum Gasteiger partial charge on any atom is 0.323 e. The first-order valence-electron chi connectivity index (χ1n) is 8.94. The molecule has 2 aliphatic rings. The van der Waals surface area contributed by atoms with Gasteiger partial charge in [-0.3, -0.25) is 14.5 Å². The Morgan fingerprint density at radius 2 is 1.76 bits per heavy atom. The number of hydrogen-bond donors (Lipinski definition) is 0. The second-order valence-electron chi connectivity index (χ2n) is 6.68.